The zero-order chi connectivity index (χ0) is 17.1. The van der Waals surface area contributed by atoms with Crippen molar-refractivity contribution in [3.8, 4) is 0 Å². The number of benzene rings is 1. The summed E-state index contributed by atoms with van der Waals surface area (Å²) in [5.41, 5.74) is 2.16. The van der Waals surface area contributed by atoms with Gasteiger partial charge in [0.25, 0.3) is 11.1 Å². The number of nitrogens with zero attached hydrogens (tertiary/aromatic N) is 2. The fourth-order valence-corrected chi connectivity index (χ4v) is 3.94. The Balaban J connectivity index is 1.75. The molecule has 1 aromatic rings. The molecule has 2 fully saturated rings. The lowest BCUT2D eigenvalue weighted by molar-refractivity contribution is -0.123. The maximum Gasteiger partial charge on any atom is 0.294 e. The molecule has 2 aliphatic heterocycles. The first-order chi connectivity index (χ1) is 11.6. The van der Waals surface area contributed by atoms with Gasteiger partial charge in [0, 0.05) is 18.8 Å². The van der Waals surface area contributed by atoms with Crippen LogP contribution in [0.3, 0.4) is 0 Å². The predicted molar refractivity (Wildman–Crippen MR) is 100.0 cm³/mol. The summed E-state index contributed by atoms with van der Waals surface area (Å²) in [6.45, 7) is 7.67. The summed E-state index contributed by atoms with van der Waals surface area (Å²) >= 11 is 0.993. The van der Waals surface area contributed by atoms with Crippen molar-refractivity contribution in [2.24, 2.45) is 0 Å². The summed E-state index contributed by atoms with van der Waals surface area (Å²) in [6, 6.07) is 7.91. The molecule has 0 N–H and O–H groups in total. The third-order valence-corrected chi connectivity index (χ3v) is 5.37. The van der Waals surface area contributed by atoms with E-state index in [1.807, 2.05) is 12.1 Å². The maximum absolute atomic E-state index is 12.4. The van der Waals surface area contributed by atoms with E-state index < -0.39 is 0 Å². The number of imide groups is 1. The highest BCUT2D eigenvalue weighted by Crippen LogP contribution is 2.34. The number of thioether (sulfide) groups is 1. The predicted octanol–water partition coefficient (Wildman–Crippen LogP) is 4.29. The number of rotatable bonds is 4. The molecule has 2 aliphatic rings. The van der Waals surface area contributed by atoms with Crippen LogP contribution in [0, 0.1) is 0 Å². The van der Waals surface area contributed by atoms with Crippen LogP contribution >= 0.6 is 11.8 Å². The average molecular weight is 342 g/mol. The fourth-order valence-electron chi connectivity index (χ4n) is 3.02. The molecule has 2 amide bonds. The molecule has 1 atom stereocenters. The van der Waals surface area contributed by atoms with E-state index in [9.17, 15) is 9.59 Å². The van der Waals surface area contributed by atoms with E-state index in [0.29, 0.717) is 4.91 Å². The standard InChI is InChI=1S/C19H22N2O2S/c1-3-14(2)21-18(22)17(24-19(21)23)13-15-7-9-16(10-8-15)20-11-5-4-6-12-20/h3,7-10,13-14H,1,4-6,11-12H2,2H3/b17-13-/t14-/m1/s1. The fraction of sp³-hybridized carbons (Fsp3) is 0.368. The van der Waals surface area contributed by atoms with E-state index in [-0.39, 0.29) is 17.2 Å². The minimum Gasteiger partial charge on any atom is -0.372 e. The third-order valence-electron chi connectivity index (χ3n) is 4.48. The Kier molecular flexibility index (Phi) is 5.09. The molecular formula is C19H22N2O2S. The van der Waals surface area contributed by atoms with Gasteiger partial charge in [-0.2, -0.15) is 0 Å². The first-order valence-corrected chi connectivity index (χ1v) is 9.16. The van der Waals surface area contributed by atoms with Crippen molar-refractivity contribution in [1.82, 2.24) is 4.90 Å². The van der Waals surface area contributed by atoms with Crippen molar-refractivity contribution in [3.63, 3.8) is 0 Å². The molecule has 2 saturated heterocycles. The van der Waals surface area contributed by atoms with Crippen molar-refractivity contribution in [2.45, 2.75) is 32.2 Å². The van der Waals surface area contributed by atoms with Crippen molar-refractivity contribution in [3.05, 3.63) is 47.4 Å². The van der Waals surface area contributed by atoms with Gasteiger partial charge in [0.1, 0.15) is 0 Å². The zero-order valence-electron chi connectivity index (χ0n) is 13.9. The van der Waals surface area contributed by atoms with Gasteiger partial charge in [0.15, 0.2) is 0 Å². The van der Waals surface area contributed by atoms with E-state index in [1.54, 1.807) is 19.1 Å². The second kappa shape index (κ2) is 7.26. The number of hydrogen-bond acceptors (Lipinski definition) is 4. The summed E-state index contributed by atoms with van der Waals surface area (Å²) in [5, 5.41) is -0.233. The Morgan fingerprint density at radius 3 is 2.42 bits per heavy atom. The molecule has 0 aliphatic carbocycles. The summed E-state index contributed by atoms with van der Waals surface area (Å²) in [6.07, 6.45) is 7.20. The topological polar surface area (TPSA) is 40.6 Å². The Morgan fingerprint density at radius 2 is 1.79 bits per heavy atom. The molecule has 0 saturated carbocycles. The van der Waals surface area contributed by atoms with Crippen LogP contribution in [0.5, 0.6) is 0 Å². The van der Waals surface area contributed by atoms with E-state index in [2.05, 4.69) is 23.6 Å². The monoisotopic (exact) mass is 342 g/mol. The molecule has 0 bridgehead atoms. The van der Waals surface area contributed by atoms with Gasteiger partial charge < -0.3 is 4.90 Å². The van der Waals surface area contributed by atoms with Crippen LogP contribution < -0.4 is 4.90 Å². The van der Waals surface area contributed by atoms with Crippen LogP contribution in [-0.4, -0.2) is 35.2 Å². The summed E-state index contributed by atoms with van der Waals surface area (Å²) in [5.74, 6) is -0.238. The number of hydrogen-bond donors (Lipinski definition) is 0. The normalized spacial score (nSPS) is 21.5. The lowest BCUT2D eigenvalue weighted by Crippen LogP contribution is -2.35. The number of piperidine rings is 1. The van der Waals surface area contributed by atoms with E-state index in [4.69, 9.17) is 0 Å². The lowest BCUT2D eigenvalue weighted by atomic mass is 10.1. The second-order valence-electron chi connectivity index (χ2n) is 6.17. The molecule has 126 valence electrons. The maximum atomic E-state index is 12.4. The van der Waals surface area contributed by atoms with Gasteiger partial charge >= 0.3 is 0 Å². The molecule has 1 aromatic carbocycles. The lowest BCUT2D eigenvalue weighted by Gasteiger charge is -2.28. The first-order valence-electron chi connectivity index (χ1n) is 8.35. The molecule has 0 radical (unpaired) electrons. The van der Waals surface area contributed by atoms with Gasteiger partial charge in [-0.05, 0) is 61.7 Å². The Morgan fingerprint density at radius 1 is 1.12 bits per heavy atom. The minimum atomic E-state index is -0.287. The first kappa shape index (κ1) is 16.8. The highest BCUT2D eigenvalue weighted by molar-refractivity contribution is 8.18. The second-order valence-corrected chi connectivity index (χ2v) is 7.16. The number of carbonyl (C=O) groups is 2. The molecule has 5 heteroatoms. The van der Waals surface area contributed by atoms with E-state index in [0.717, 1.165) is 30.4 Å². The molecule has 3 rings (SSSR count). The van der Waals surface area contributed by atoms with Crippen molar-refractivity contribution < 1.29 is 9.59 Å². The quantitative estimate of drug-likeness (QED) is 0.605. The zero-order valence-corrected chi connectivity index (χ0v) is 14.7. The summed E-state index contributed by atoms with van der Waals surface area (Å²) in [7, 11) is 0. The third kappa shape index (κ3) is 3.41. The molecule has 4 nitrogen and oxygen atoms in total. The molecule has 0 unspecified atom stereocenters. The molecule has 0 spiro atoms. The van der Waals surface area contributed by atoms with Crippen LogP contribution in [0.4, 0.5) is 10.5 Å². The van der Waals surface area contributed by atoms with Gasteiger partial charge in [-0.3, -0.25) is 14.5 Å². The van der Waals surface area contributed by atoms with E-state index >= 15 is 0 Å². The summed E-state index contributed by atoms with van der Waals surface area (Å²) in [4.78, 5) is 28.5. The van der Waals surface area contributed by atoms with Gasteiger partial charge in [-0.25, -0.2) is 0 Å². The van der Waals surface area contributed by atoms with Crippen LogP contribution in [0.2, 0.25) is 0 Å². The average Bonchev–Trinajstić information content (AvgIpc) is 2.89. The molecular weight excluding hydrogens is 320 g/mol. The van der Waals surface area contributed by atoms with Crippen molar-refractivity contribution in [2.75, 3.05) is 18.0 Å². The van der Waals surface area contributed by atoms with Crippen LogP contribution in [0.1, 0.15) is 31.7 Å². The number of carbonyl (C=O) groups excluding carboxylic acids is 2. The Bertz CT molecular complexity index is 675. The SMILES string of the molecule is C=C[C@@H](C)N1C(=O)S/C(=C\c2ccc(N3CCCCC3)cc2)C1=O. The van der Waals surface area contributed by atoms with Gasteiger partial charge in [0.05, 0.1) is 10.9 Å². The smallest absolute Gasteiger partial charge is 0.294 e. The van der Waals surface area contributed by atoms with Crippen molar-refractivity contribution in [1.29, 1.82) is 0 Å². The summed E-state index contributed by atoms with van der Waals surface area (Å²) < 4.78 is 0. The van der Waals surface area contributed by atoms with Crippen LogP contribution in [-0.2, 0) is 4.79 Å². The highest BCUT2D eigenvalue weighted by atomic mass is 32.2. The van der Waals surface area contributed by atoms with Gasteiger partial charge in [-0.15, -0.1) is 6.58 Å². The number of anilines is 1. The number of amides is 2. The Hall–Kier alpha value is -2.01. The largest absolute Gasteiger partial charge is 0.372 e. The van der Waals surface area contributed by atoms with Crippen LogP contribution in [0.25, 0.3) is 6.08 Å². The van der Waals surface area contributed by atoms with Crippen molar-refractivity contribution >= 4 is 34.7 Å². The van der Waals surface area contributed by atoms with Gasteiger partial charge in [-0.1, -0.05) is 18.2 Å². The minimum absolute atomic E-state index is 0.233. The highest BCUT2D eigenvalue weighted by Gasteiger charge is 2.37. The van der Waals surface area contributed by atoms with Gasteiger partial charge in [0.2, 0.25) is 0 Å². The van der Waals surface area contributed by atoms with Crippen LogP contribution in [0.15, 0.2) is 41.8 Å². The molecule has 24 heavy (non-hydrogen) atoms. The molecule has 0 aromatic heterocycles. The van der Waals surface area contributed by atoms with E-state index in [1.165, 1.54) is 29.8 Å². The Labute approximate surface area is 147 Å². The molecule has 2 heterocycles.